The van der Waals surface area contributed by atoms with Gasteiger partial charge >= 0.3 is 18.1 Å². The number of ether oxygens (including phenoxy) is 2. The lowest BCUT2D eigenvalue weighted by Gasteiger charge is -2.26. The van der Waals surface area contributed by atoms with Crippen molar-refractivity contribution in [3.05, 3.63) is 88.2 Å². The van der Waals surface area contributed by atoms with Gasteiger partial charge in [0.1, 0.15) is 29.5 Å². The van der Waals surface area contributed by atoms with E-state index in [-0.39, 0.29) is 17.5 Å². The minimum absolute atomic E-state index is 0.0682. The average Bonchev–Trinajstić information content (AvgIpc) is 3.37. The number of fused-ring (bicyclic) bond motifs is 1. The van der Waals surface area contributed by atoms with Crippen molar-refractivity contribution in [2.45, 2.75) is 19.3 Å². The van der Waals surface area contributed by atoms with Crippen molar-refractivity contribution < 1.29 is 32.0 Å². The molecule has 3 heterocycles. The maximum absolute atomic E-state index is 13.4. The molecule has 5 rings (SSSR count). The summed E-state index contributed by atoms with van der Waals surface area (Å²) < 4.78 is 52.4. The number of benzene rings is 2. The molecule has 2 aromatic heterocycles. The average molecular weight is 555 g/mol. The van der Waals surface area contributed by atoms with Gasteiger partial charge in [-0.1, -0.05) is 36.4 Å². The molecule has 1 aliphatic heterocycles. The normalized spacial score (nSPS) is 16.1. The zero-order valence-electron chi connectivity index (χ0n) is 20.6. The Bertz CT molecular complexity index is 1610. The van der Waals surface area contributed by atoms with Crippen molar-refractivity contribution in [1.29, 1.82) is 5.26 Å². The molecule has 0 amide bonds. The Labute approximate surface area is 225 Å². The molecule has 2 aromatic carbocycles. The van der Waals surface area contributed by atoms with E-state index in [1.54, 1.807) is 6.07 Å². The fourth-order valence-electron chi connectivity index (χ4n) is 4.04. The van der Waals surface area contributed by atoms with E-state index in [4.69, 9.17) is 9.47 Å². The lowest BCUT2D eigenvalue weighted by Crippen LogP contribution is -2.36. The minimum Gasteiger partial charge on any atom is -0.474 e. The lowest BCUT2D eigenvalue weighted by molar-refractivity contribution is -0.575. The predicted molar refractivity (Wildman–Crippen MR) is 136 cm³/mol. The number of hydrogen-bond acceptors (Lipinski definition) is 8. The number of para-hydroxylation sites is 1. The fourth-order valence-corrected chi connectivity index (χ4v) is 5.01. The predicted octanol–water partition coefficient (Wildman–Crippen LogP) is 3.57. The standard InChI is InChI=1S/C27H22F3N5O3S/c28-27(29,30)25(36)35-10-9-21(20(15-31)24-32-22-3-1-2-4-23(22)39-24)33-26(35)38-17-19-7-5-18(6-8-19)16-34-11-13-37-14-12-34/h1-10H,11-14,16-17H2/p+1/b21-20+. The maximum atomic E-state index is 13.4. The molecule has 0 spiro atoms. The van der Waals surface area contributed by atoms with Crippen LogP contribution < -0.4 is 14.3 Å². The number of nitriles is 1. The van der Waals surface area contributed by atoms with Crippen LogP contribution >= 0.6 is 11.3 Å². The van der Waals surface area contributed by atoms with Crippen LogP contribution in [0.25, 0.3) is 15.8 Å². The Balaban J connectivity index is 1.47. The summed E-state index contributed by atoms with van der Waals surface area (Å²) in [6, 6.07) is 17.6. The third-order valence-electron chi connectivity index (χ3n) is 6.06. The third-order valence-corrected chi connectivity index (χ3v) is 7.12. The second kappa shape index (κ2) is 11.4. The van der Waals surface area contributed by atoms with Crippen molar-refractivity contribution in [3.8, 4) is 12.1 Å². The largest absolute Gasteiger partial charge is 0.507 e. The number of nitrogens with zero attached hydrogens (tertiary/aromatic N) is 5. The summed E-state index contributed by atoms with van der Waals surface area (Å²) in [6.07, 6.45) is -4.07. The number of aliphatic hydroxyl groups excluding tert-OH is 1. The fraction of sp³-hybridized carbons (Fsp3) is 0.259. The molecule has 0 aliphatic carbocycles. The summed E-state index contributed by atoms with van der Waals surface area (Å²) in [5, 5.41) is 20.2. The van der Waals surface area contributed by atoms with E-state index in [1.807, 2.05) is 48.5 Å². The van der Waals surface area contributed by atoms with Crippen LogP contribution in [0.2, 0.25) is 0 Å². The van der Waals surface area contributed by atoms with E-state index >= 15 is 0 Å². The van der Waals surface area contributed by atoms with Crippen LogP contribution in [-0.2, 0) is 17.9 Å². The smallest absolute Gasteiger partial charge is 0.474 e. The van der Waals surface area contributed by atoms with Crippen molar-refractivity contribution in [2.75, 3.05) is 26.3 Å². The first-order valence-electron chi connectivity index (χ1n) is 12.0. The third kappa shape index (κ3) is 6.17. The molecule has 1 fully saturated rings. The van der Waals surface area contributed by atoms with Crippen LogP contribution in [0.1, 0.15) is 16.1 Å². The molecule has 0 unspecified atom stereocenters. The summed E-state index contributed by atoms with van der Waals surface area (Å²) >= 11 is 1.27. The number of hydrogen-bond donors (Lipinski definition) is 1. The van der Waals surface area contributed by atoms with Gasteiger partial charge in [0.25, 0.3) is 0 Å². The Hall–Kier alpha value is -4.05. The van der Waals surface area contributed by atoms with Crippen LogP contribution in [0.5, 0.6) is 6.01 Å². The van der Waals surface area contributed by atoms with Gasteiger partial charge in [0.05, 0.1) is 23.4 Å². The van der Waals surface area contributed by atoms with E-state index in [9.17, 15) is 23.5 Å². The first kappa shape index (κ1) is 26.6. The zero-order valence-corrected chi connectivity index (χ0v) is 21.4. The second-order valence-corrected chi connectivity index (χ2v) is 9.78. The summed E-state index contributed by atoms with van der Waals surface area (Å²) in [4.78, 5) is 10.9. The quantitative estimate of drug-likeness (QED) is 0.364. The number of thiazole rings is 1. The molecule has 0 saturated carbocycles. The summed E-state index contributed by atoms with van der Waals surface area (Å²) in [5.41, 5.74) is 2.55. The highest BCUT2D eigenvalue weighted by Gasteiger charge is 2.41. The van der Waals surface area contributed by atoms with Gasteiger partial charge in [-0.3, -0.25) is 4.90 Å². The van der Waals surface area contributed by atoms with Crippen LogP contribution in [0.3, 0.4) is 0 Å². The molecule has 1 saturated heterocycles. The van der Waals surface area contributed by atoms with Gasteiger partial charge in [0.15, 0.2) is 0 Å². The molecule has 1 aliphatic rings. The molecule has 1 N–H and O–H groups in total. The van der Waals surface area contributed by atoms with Crippen LogP contribution in [0.4, 0.5) is 13.2 Å². The van der Waals surface area contributed by atoms with Crippen molar-refractivity contribution in [2.24, 2.45) is 0 Å². The molecule has 8 nitrogen and oxygen atoms in total. The molecule has 200 valence electrons. The van der Waals surface area contributed by atoms with Crippen molar-refractivity contribution >= 4 is 27.1 Å². The number of aromatic nitrogens is 3. The topological polar surface area (TPSA) is 97.4 Å². The molecule has 0 radical (unpaired) electrons. The molecule has 4 aromatic rings. The maximum Gasteiger partial charge on any atom is 0.507 e. The van der Waals surface area contributed by atoms with Crippen molar-refractivity contribution in [1.82, 2.24) is 14.9 Å². The Morgan fingerprint density at radius 3 is 2.49 bits per heavy atom. The van der Waals surface area contributed by atoms with E-state index in [1.165, 1.54) is 17.4 Å². The van der Waals surface area contributed by atoms with Gasteiger partial charge in [-0.15, -0.1) is 15.6 Å². The van der Waals surface area contributed by atoms with Crippen LogP contribution in [0.15, 0.2) is 60.8 Å². The second-order valence-electron chi connectivity index (χ2n) is 8.75. The van der Waals surface area contributed by atoms with Gasteiger partial charge in [0, 0.05) is 25.7 Å². The number of halogens is 3. The monoisotopic (exact) mass is 554 g/mol. The number of rotatable bonds is 6. The number of morpholine rings is 1. The van der Waals surface area contributed by atoms with Crippen molar-refractivity contribution in [3.63, 3.8) is 0 Å². The Kier molecular flexibility index (Phi) is 7.74. The molecule has 0 bridgehead atoms. The summed E-state index contributed by atoms with van der Waals surface area (Å²) in [5.74, 6) is -1.91. The van der Waals surface area contributed by atoms with Gasteiger partial charge in [-0.05, 0) is 28.2 Å². The van der Waals surface area contributed by atoms with Gasteiger partial charge < -0.3 is 14.6 Å². The molecular weight excluding hydrogens is 531 g/mol. The Morgan fingerprint density at radius 1 is 1.08 bits per heavy atom. The first-order valence-corrected chi connectivity index (χ1v) is 12.8. The van der Waals surface area contributed by atoms with Crippen LogP contribution in [0, 0.1) is 17.2 Å². The van der Waals surface area contributed by atoms with E-state index in [0.29, 0.717) is 33.5 Å². The molecule has 39 heavy (non-hydrogen) atoms. The van der Waals surface area contributed by atoms with E-state index in [0.717, 1.165) is 36.1 Å². The van der Waals surface area contributed by atoms with Gasteiger partial charge in [-0.25, -0.2) is 4.98 Å². The summed E-state index contributed by atoms with van der Waals surface area (Å²) in [6.45, 7) is 3.76. The highest BCUT2D eigenvalue weighted by atomic mass is 32.1. The van der Waals surface area contributed by atoms with Crippen LogP contribution in [-0.4, -0.2) is 52.5 Å². The summed E-state index contributed by atoms with van der Waals surface area (Å²) in [7, 11) is 0. The van der Waals surface area contributed by atoms with E-state index in [2.05, 4.69) is 14.9 Å². The zero-order chi connectivity index (χ0) is 27.4. The Morgan fingerprint density at radius 2 is 1.79 bits per heavy atom. The molecular formula is C27H23F3N5O3S+. The van der Waals surface area contributed by atoms with Gasteiger partial charge in [-0.2, -0.15) is 18.4 Å². The molecule has 12 heteroatoms. The van der Waals surface area contributed by atoms with E-state index < -0.39 is 18.1 Å². The highest BCUT2D eigenvalue weighted by Crippen LogP contribution is 2.25. The minimum atomic E-state index is -5.04. The number of alkyl halides is 3. The van der Waals surface area contributed by atoms with Gasteiger partial charge in [0.2, 0.25) is 5.35 Å². The molecule has 0 atom stereocenters. The lowest BCUT2D eigenvalue weighted by atomic mass is 10.1. The SMILES string of the molecule is N#C/C(c1nc2ccccc2s1)=c1/cc/[n+](=C(/O)C(F)(F)F)c(OCc2ccc(CN3CCOCC3)cc2)n1. The highest BCUT2D eigenvalue weighted by molar-refractivity contribution is 7.19. The first-order chi connectivity index (χ1) is 18.8. The number of aliphatic hydroxyl groups is 1.